The van der Waals surface area contributed by atoms with Crippen LogP contribution < -0.4 is 5.32 Å². The van der Waals surface area contributed by atoms with Crippen LogP contribution in [-0.2, 0) is 11.2 Å². The monoisotopic (exact) mass is 352 g/mol. The summed E-state index contributed by atoms with van der Waals surface area (Å²) in [5.41, 5.74) is 1.78. The zero-order valence-electron chi connectivity index (χ0n) is 12.9. The van der Waals surface area contributed by atoms with Crippen molar-refractivity contribution in [2.45, 2.75) is 12.5 Å². The first-order valence-electron chi connectivity index (χ1n) is 7.60. The molecule has 1 aliphatic rings. The number of benzene rings is 1. The van der Waals surface area contributed by atoms with Gasteiger partial charge < -0.3 is 9.73 Å². The first kappa shape index (κ1) is 15.6. The molecule has 1 amide bonds. The molecular formula is C18H12N2O4S. The van der Waals surface area contributed by atoms with E-state index >= 15 is 0 Å². The second-order valence-electron chi connectivity index (χ2n) is 5.64. The number of fused-ring (bicyclic) bond motifs is 1. The maximum atomic E-state index is 12.4. The minimum absolute atomic E-state index is 0.177. The molecule has 0 bridgehead atoms. The molecule has 3 heterocycles. The standard InChI is InChI=1S/C18H12N2O4S/c21-16(12-3-1-2-6-19-12)15-9-11-7-10(4-5-14(11)24-15)8-13-17(22)25-18(23)20-13/h1-7,9,13H,8H2,(H,20,23). The number of nitrogens with one attached hydrogen (secondary N) is 1. The lowest BCUT2D eigenvalue weighted by Gasteiger charge is -2.07. The average Bonchev–Trinajstić information content (AvgIpc) is 3.17. The molecule has 1 unspecified atom stereocenters. The average molecular weight is 352 g/mol. The zero-order chi connectivity index (χ0) is 17.4. The number of hydrogen-bond donors (Lipinski definition) is 1. The highest BCUT2D eigenvalue weighted by atomic mass is 32.2. The fraction of sp³-hybridized carbons (Fsp3) is 0.111. The number of hydrogen-bond acceptors (Lipinski definition) is 6. The van der Waals surface area contributed by atoms with Gasteiger partial charge in [0, 0.05) is 29.8 Å². The Bertz CT molecular complexity index is 997. The molecule has 0 aliphatic carbocycles. The normalized spacial score (nSPS) is 17.0. The first-order valence-corrected chi connectivity index (χ1v) is 8.42. The Hall–Kier alpha value is -2.93. The van der Waals surface area contributed by atoms with Crippen molar-refractivity contribution in [2.24, 2.45) is 0 Å². The van der Waals surface area contributed by atoms with Crippen LogP contribution >= 0.6 is 11.8 Å². The predicted molar refractivity (Wildman–Crippen MR) is 92.5 cm³/mol. The Balaban J connectivity index is 1.60. The van der Waals surface area contributed by atoms with Gasteiger partial charge >= 0.3 is 0 Å². The lowest BCUT2D eigenvalue weighted by Crippen LogP contribution is -2.30. The molecule has 6 nitrogen and oxygen atoms in total. The summed E-state index contributed by atoms with van der Waals surface area (Å²) >= 11 is 0.698. The Morgan fingerprint density at radius 1 is 1.20 bits per heavy atom. The maximum absolute atomic E-state index is 12.4. The van der Waals surface area contributed by atoms with E-state index in [1.54, 1.807) is 36.5 Å². The summed E-state index contributed by atoms with van der Waals surface area (Å²) < 4.78 is 5.62. The lowest BCUT2D eigenvalue weighted by molar-refractivity contribution is -0.112. The molecule has 0 spiro atoms. The number of rotatable bonds is 4. The van der Waals surface area contributed by atoms with Gasteiger partial charge in [0.05, 0.1) is 0 Å². The SMILES string of the molecule is O=C1NC(Cc2ccc3oc(C(=O)c4ccccn4)cc3c2)C(=O)S1. The Morgan fingerprint density at radius 2 is 2.08 bits per heavy atom. The molecule has 3 aromatic rings. The van der Waals surface area contributed by atoms with Crippen LogP contribution in [-0.4, -0.2) is 27.2 Å². The highest BCUT2D eigenvalue weighted by Gasteiger charge is 2.31. The van der Waals surface area contributed by atoms with Gasteiger partial charge in [-0.25, -0.2) is 0 Å². The molecular weight excluding hydrogens is 340 g/mol. The van der Waals surface area contributed by atoms with Gasteiger partial charge in [-0.15, -0.1) is 0 Å². The molecule has 2 aromatic heterocycles. The number of thioether (sulfide) groups is 1. The van der Waals surface area contributed by atoms with E-state index in [1.165, 1.54) is 0 Å². The minimum atomic E-state index is -0.517. The number of carbonyl (C=O) groups excluding carboxylic acids is 3. The fourth-order valence-corrected chi connectivity index (χ4v) is 3.39. The third-order valence-corrected chi connectivity index (χ3v) is 4.70. The summed E-state index contributed by atoms with van der Waals surface area (Å²) in [4.78, 5) is 39.4. The topological polar surface area (TPSA) is 89.3 Å². The van der Waals surface area contributed by atoms with Crippen LogP contribution in [0.3, 0.4) is 0 Å². The summed E-state index contributed by atoms with van der Waals surface area (Å²) in [5.74, 6) is -0.0698. The summed E-state index contributed by atoms with van der Waals surface area (Å²) in [5, 5.41) is 2.90. The zero-order valence-corrected chi connectivity index (χ0v) is 13.7. The molecule has 1 fully saturated rings. The molecule has 1 saturated heterocycles. The van der Waals surface area contributed by atoms with E-state index in [0.717, 1.165) is 10.9 Å². The van der Waals surface area contributed by atoms with E-state index in [1.807, 2.05) is 12.1 Å². The number of pyridine rings is 1. The van der Waals surface area contributed by atoms with E-state index in [4.69, 9.17) is 4.42 Å². The molecule has 1 aliphatic heterocycles. The molecule has 0 radical (unpaired) electrons. The second kappa shape index (κ2) is 6.18. The number of furan rings is 1. The van der Waals surface area contributed by atoms with Crippen molar-refractivity contribution in [3.63, 3.8) is 0 Å². The quantitative estimate of drug-likeness (QED) is 0.726. The predicted octanol–water partition coefficient (Wildman–Crippen LogP) is 2.95. The molecule has 1 atom stereocenters. The Morgan fingerprint density at radius 3 is 2.80 bits per heavy atom. The van der Waals surface area contributed by atoms with E-state index in [2.05, 4.69) is 10.3 Å². The molecule has 0 saturated carbocycles. The van der Waals surface area contributed by atoms with Crippen molar-refractivity contribution in [1.82, 2.24) is 10.3 Å². The van der Waals surface area contributed by atoms with Crippen LogP contribution in [0.15, 0.2) is 53.1 Å². The second-order valence-corrected chi connectivity index (χ2v) is 6.61. The Labute approximate surface area is 146 Å². The van der Waals surface area contributed by atoms with Crippen molar-refractivity contribution in [3.8, 4) is 0 Å². The first-order chi connectivity index (χ1) is 12.1. The van der Waals surface area contributed by atoms with E-state index in [-0.39, 0.29) is 21.9 Å². The van der Waals surface area contributed by atoms with Gasteiger partial charge in [0.15, 0.2) is 5.76 Å². The van der Waals surface area contributed by atoms with Crippen LogP contribution in [0.2, 0.25) is 0 Å². The highest BCUT2D eigenvalue weighted by Crippen LogP contribution is 2.25. The molecule has 124 valence electrons. The number of ketones is 1. The van der Waals surface area contributed by atoms with Gasteiger partial charge in [-0.05, 0) is 35.9 Å². The number of nitrogens with zero attached hydrogens (tertiary/aromatic N) is 1. The van der Waals surface area contributed by atoms with E-state index < -0.39 is 6.04 Å². The summed E-state index contributed by atoms with van der Waals surface area (Å²) in [6.45, 7) is 0. The van der Waals surface area contributed by atoms with Gasteiger partial charge in [0.25, 0.3) is 5.24 Å². The van der Waals surface area contributed by atoms with Crippen LogP contribution in [0, 0.1) is 0 Å². The lowest BCUT2D eigenvalue weighted by atomic mass is 10.0. The number of amides is 1. The molecule has 1 aromatic carbocycles. The van der Waals surface area contributed by atoms with Gasteiger partial charge in [-0.3, -0.25) is 19.4 Å². The highest BCUT2D eigenvalue weighted by molar-refractivity contribution is 8.26. The molecule has 4 rings (SSSR count). The van der Waals surface area contributed by atoms with Crippen LogP contribution in [0.5, 0.6) is 0 Å². The number of carbonyl (C=O) groups is 3. The van der Waals surface area contributed by atoms with Crippen molar-refractivity contribution in [2.75, 3.05) is 0 Å². The van der Waals surface area contributed by atoms with Crippen LogP contribution in [0.25, 0.3) is 11.0 Å². The van der Waals surface area contributed by atoms with Gasteiger partial charge in [0.1, 0.15) is 17.3 Å². The third-order valence-electron chi connectivity index (χ3n) is 3.91. The minimum Gasteiger partial charge on any atom is -0.453 e. The van der Waals surface area contributed by atoms with Gasteiger partial charge in [-0.1, -0.05) is 12.1 Å². The third kappa shape index (κ3) is 3.06. The smallest absolute Gasteiger partial charge is 0.287 e. The molecule has 25 heavy (non-hydrogen) atoms. The van der Waals surface area contributed by atoms with Crippen molar-refractivity contribution in [1.29, 1.82) is 0 Å². The molecule has 1 N–H and O–H groups in total. The van der Waals surface area contributed by atoms with Gasteiger partial charge in [0.2, 0.25) is 10.9 Å². The van der Waals surface area contributed by atoms with Crippen molar-refractivity contribution in [3.05, 3.63) is 65.7 Å². The maximum Gasteiger partial charge on any atom is 0.287 e. The van der Waals surface area contributed by atoms with Gasteiger partial charge in [-0.2, -0.15) is 0 Å². The summed E-state index contributed by atoms with van der Waals surface area (Å²) in [6.07, 6.45) is 1.96. The van der Waals surface area contributed by atoms with Crippen LogP contribution in [0.1, 0.15) is 21.8 Å². The molecule has 7 heteroatoms. The van der Waals surface area contributed by atoms with Crippen LogP contribution in [0.4, 0.5) is 4.79 Å². The largest absolute Gasteiger partial charge is 0.453 e. The van der Waals surface area contributed by atoms with Crippen molar-refractivity contribution >= 4 is 38.9 Å². The number of aromatic nitrogens is 1. The fourth-order valence-electron chi connectivity index (χ4n) is 2.72. The Kier molecular flexibility index (Phi) is 3.85. The van der Waals surface area contributed by atoms with E-state index in [9.17, 15) is 14.4 Å². The summed E-state index contributed by atoms with van der Waals surface area (Å²) in [6, 6.07) is 11.7. The summed E-state index contributed by atoms with van der Waals surface area (Å²) in [7, 11) is 0. The van der Waals surface area contributed by atoms with Crippen molar-refractivity contribution < 1.29 is 18.8 Å². The van der Waals surface area contributed by atoms with E-state index in [0.29, 0.717) is 29.5 Å².